The maximum Gasteiger partial charge on any atom is 0.177 e. The van der Waals surface area contributed by atoms with E-state index in [1.54, 1.807) is 0 Å². The SMILES string of the molecule is CC(C)[Si](C#CC1(O)c2ccccc2-c2cc3c(cc21)-c1ccccc1C3(O)C#C[Si](C(C)C)(C(C)C)C(C)C)(C(C)C)C(C)C. The Kier molecular flexibility index (Phi) is 8.98. The first kappa shape index (κ1) is 34.5. The quantitative estimate of drug-likeness (QED) is 0.207. The molecule has 0 amide bonds. The minimum absolute atomic E-state index is 0.457. The summed E-state index contributed by atoms with van der Waals surface area (Å²) in [7, 11) is -4.24. The summed E-state index contributed by atoms with van der Waals surface area (Å²) in [4.78, 5) is 0. The van der Waals surface area contributed by atoms with E-state index >= 15 is 0 Å². The first-order valence-electron chi connectivity index (χ1n) is 17.4. The van der Waals surface area contributed by atoms with Crippen LogP contribution in [0.4, 0.5) is 0 Å². The second-order valence-corrected chi connectivity index (χ2v) is 26.9. The molecule has 0 bridgehead atoms. The van der Waals surface area contributed by atoms with Crippen molar-refractivity contribution in [2.75, 3.05) is 0 Å². The second kappa shape index (κ2) is 12.0. The van der Waals surface area contributed by atoms with Crippen molar-refractivity contribution in [2.45, 2.75) is 128 Å². The molecule has 46 heavy (non-hydrogen) atoms. The van der Waals surface area contributed by atoms with Gasteiger partial charge >= 0.3 is 0 Å². The van der Waals surface area contributed by atoms with Crippen LogP contribution in [0.5, 0.6) is 0 Å². The predicted molar refractivity (Wildman–Crippen MR) is 201 cm³/mol. The van der Waals surface area contributed by atoms with Crippen molar-refractivity contribution in [2.24, 2.45) is 0 Å². The van der Waals surface area contributed by atoms with Gasteiger partial charge in [-0.3, -0.25) is 0 Å². The molecule has 2 nitrogen and oxygen atoms in total. The third-order valence-electron chi connectivity index (χ3n) is 11.8. The fourth-order valence-electron chi connectivity index (χ4n) is 9.53. The van der Waals surface area contributed by atoms with Gasteiger partial charge in [0.25, 0.3) is 0 Å². The molecule has 2 atom stereocenters. The Bertz CT molecular complexity index is 1600. The van der Waals surface area contributed by atoms with Crippen LogP contribution in [0, 0.1) is 22.9 Å². The van der Waals surface area contributed by atoms with Crippen LogP contribution in [-0.2, 0) is 11.2 Å². The highest BCUT2D eigenvalue weighted by Crippen LogP contribution is 2.55. The summed E-state index contributed by atoms with van der Waals surface area (Å²) in [5, 5.41) is 25.5. The molecule has 0 radical (unpaired) electrons. The molecular weight excluding hydrogens is 593 g/mol. The lowest BCUT2D eigenvalue weighted by molar-refractivity contribution is 0.147. The lowest BCUT2D eigenvalue weighted by Crippen LogP contribution is -2.44. The molecule has 0 spiro atoms. The Labute approximate surface area is 281 Å². The number of rotatable bonds is 6. The molecule has 0 aromatic heterocycles. The van der Waals surface area contributed by atoms with Crippen LogP contribution < -0.4 is 0 Å². The molecular formula is C42H54O2Si2. The third kappa shape index (κ3) is 4.83. The lowest BCUT2D eigenvalue weighted by atomic mass is 9.88. The summed E-state index contributed by atoms with van der Waals surface area (Å²) >= 11 is 0. The minimum atomic E-state index is -2.12. The molecule has 2 aliphatic rings. The van der Waals surface area contributed by atoms with Crippen LogP contribution in [0.2, 0.25) is 33.2 Å². The second-order valence-electron chi connectivity index (χ2n) is 15.7. The van der Waals surface area contributed by atoms with Crippen LogP contribution in [0.25, 0.3) is 22.3 Å². The van der Waals surface area contributed by atoms with E-state index in [0.29, 0.717) is 33.2 Å². The first-order valence-corrected chi connectivity index (χ1v) is 21.9. The summed E-state index contributed by atoms with van der Waals surface area (Å²) in [6, 6.07) is 20.5. The van der Waals surface area contributed by atoms with E-state index in [9.17, 15) is 10.2 Å². The molecule has 0 heterocycles. The molecule has 2 N–H and O–H groups in total. The summed E-state index contributed by atoms with van der Waals surface area (Å²) < 4.78 is 0. The van der Waals surface area contributed by atoms with Gasteiger partial charge in [0.05, 0.1) is 0 Å². The molecule has 3 aromatic carbocycles. The smallest absolute Gasteiger partial charge is 0.177 e. The normalized spacial score (nSPS) is 20.1. The largest absolute Gasteiger partial charge is 0.369 e. The molecule has 0 fully saturated rings. The van der Waals surface area contributed by atoms with Crippen LogP contribution in [0.3, 0.4) is 0 Å². The van der Waals surface area contributed by atoms with Gasteiger partial charge in [-0.15, -0.1) is 11.1 Å². The fraction of sp³-hybridized carbons (Fsp3) is 0.476. The van der Waals surface area contributed by atoms with E-state index in [2.05, 4.69) is 130 Å². The molecule has 4 heteroatoms. The van der Waals surface area contributed by atoms with Crippen LogP contribution in [0.15, 0.2) is 60.7 Å². The van der Waals surface area contributed by atoms with Gasteiger partial charge in [-0.05, 0) is 67.6 Å². The van der Waals surface area contributed by atoms with Crippen molar-refractivity contribution in [3.63, 3.8) is 0 Å². The van der Waals surface area contributed by atoms with Gasteiger partial charge in [-0.2, -0.15) is 0 Å². The molecule has 5 rings (SSSR count). The number of hydrogen-bond acceptors (Lipinski definition) is 2. The maximum absolute atomic E-state index is 12.8. The van der Waals surface area contributed by atoms with E-state index in [-0.39, 0.29) is 0 Å². The first-order chi connectivity index (χ1) is 21.5. The van der Waals surface area contributed by atoms with Gasteiger partial charge in [-0.1, -0.05) is 143 Å². The molecule has 2 aliphatic carbocycles. The van der Waals surface area contributed by atoms with Crippen LogP contribution in [0.1, 0.15) is 105 Å². The summed E-state index contributed by atoms with van der Waals surface area (Å²) in [5.74, 6) is 7.11. The van der Waals surface area contributed by atoms with Crippen molar-refractivity contribution in [1.82, 2.24) is 0 Å². The van der Waals surface area contributed by atoms with Gasteiger partial charge in [0.2, 0.25) is 0 Å². The van der Waals surface area contributed by atoms with Gasteiger partial charge in [0.1, 0.15) is 16.1 Å². The zero-order valence-corrected chi connectivity index (χ0v) is 32.1. The van der Waals surface area contributed by atoms with Gasteiger partial charge in [-0.25, -0.2) is 0 Å². The number of benzene rings is 3. The highest BCUT2D eigenvalue weighted by molar-refractivity contribution is 6.91. The van der Waals surface area contributed by atoms with Gasteiger partial charge in [0.15, 0.2) is 11.2 Å². The Hall–Kier alpha value is -2.87. The van der Waals surface area contributed by atoms with E-state index in [4.69, 9.17) is 0 Å². The van der Waals surface area contributed by atoms with Gasteiger partial charge in [0, 0.05) is 22.3 Å². The number of aliphatic hydroxyl groups is 2. The highest BCUT2D eigenvalue weighted by Gasteiger charge is 2.49. The number of hydrogen-bond donors (Lipinski definition) is 2. The lowest BCUT2D eigenvalue weighted by Gasteiger charge is -2.38. The number of fused-ring (bicyclic) bond motifs is 6. The summed E-state index contributed by atoms with van der Waals surface area (Å²) in [6.07, 6.45) is 0. The topological polar surface area (TPSA) is 40.5 Å². The van der Waals surface area contributed by atoms with Crippen molar-refractivity contribution < 1.29 is 10.2 Å². The molecule has 242 valence electrons. The van der Waals surface area contributed by atoms with Crippen LogP contribution in [-0.4, -0.2) is 26.4 Å². The average molecular weight is 647 g/mol. The van der Waals surface area contributed by atoms with Crippen molar-refractivity contribution in [3.05, 3.63) is 82.9 Å². The van der Waals surface area contributed by atoms with Crippen molar-refractivity contribution >= 4 is 16.1 Å². The van der Waals surface area contributed by atoms with Gasteiger partial charge < -0.3 is 10.2 Å². The zero-order valence-electron chi connectivity index (χ0n) is 30.1. The summed E-state index contributed by atoms with van der Waals surface area (Å²) in [6.45, 7) is 27.7. The molecule has 3 aromatic rings. The Morgan fingerprint density at radius 1 is 0.435 bits per heavy atom. The Balaban J connectivity index is 1.80. The standard InChI is InChI=1S/C42H54O2Si2/c1-27(2)45(28(3)4,29(5)6)23-21-41(43)37-19-15-13-17-33(37)35-26-40-36(25-39(35)41)34-18-14-16-20-38(34)42(40,44)22-24-46(30(7)8,31(9)10)32(11)12/h13-20,25-32,43-44H,1-12H3. The average Bonchev–Trinajstić information content (AvgIpc) is 3.38. The summed E-state index contributed by atoms with van der Waals surface area (Å²) in [5.41, 5.74) is 14.6. The van der Waals surface area contributed by atoms with Crippen molar-refractivity contribution in [3.8, 4) is 45.2 Å². The maximum atomic E-state index is 12.8. The molecule has 0 aliphatic heterocycles. The molecule has 0 saturated heterocycles. The van der Waals surface area contributed by atoms with Crippen LogP contribution >= 0.6 is 0 Å². The highest BCUT2D eigenvalue weighted by atomic mass is 28.3. The predicted octanol–water partition coefficient (Wildman–Crippen LogP) is 10.6. The monoisotopic (exact) mass is 646 g/mol. The Morgan fingerprint density at radius 3 is 1.00 bits per heavy atom. The zero-order chi connectivity index (χ0) is 34.0. The van der Waals surface area contributed by atoms with Crippen molar-refractivity contribution in [1.29, 1.82) is 0 Å². The molecule has 0 saturated carbocycles. The van der Waals surface area contributed by atoms with E-state index in [0.717, 1.165) is 44.5 Å². The van der Waals surface area contributed by atoms with E-state index < -0.39 is 27.3 Å². The Morgan fingerprint density at radius 2 is 0.717 bits per heavy atom. The fourth-order valence-corrected chi connectivity index (χ4v) is 20.1. The van der Waals surface area contributed by atoms with E-state index in [1.165, 1.54) is 0 Å². The van der Waals surface area contributed by atoms with E-state index in [1.807, 2.05) is 36.4 Å². The molecule has 2 unspecified atom stereocenters. The third-order valence-corrected chi connectivity index (χ3v) is 24.4. The minimum Gasteiger partial charge on any atom is -0.369 e.